The van der Waals surface area contributed by atoms with E-state index in [1.807, 2.05) is 24.3 Å². The number of hydrogen-bond donors (Lipinski definition) is 3. The van der Waals surface area contributed by atoms with Crippen LogP contribution in [0.1, 0.15) is 22.6 Å². The first kappa shape index (κ1) is 23.5. The summed E-state index contributed by atoms with van der Waals surface area (Å²) in [5, 5.41) is 13.8. The van der Waals surface area contributed by atoms with E-state index in [9.17, 15) is 14.4 Å². The minimum atomic E-state index is -1.07. The quantitative estimate of drug-likeness (QED) is 0.411. The normalized spacial score (nSPS) is 12.3. The van der Waals surface area contributed by atoms with Gasteiger partial charge in [-0.15, -0.1) is 0 Å². The summed E-state index contributed by atoms with van der Waals surface area (Å²) in [6, 6.07) is 23.3. The lowest BCUT2D eigenvalue weighted by atomic mass is 9.98. The fraction of sp³-hybridized carbons (Fsp3) is 0.107. The molecule has 0 unspecified atom stereocenters. The molecule has 7 nitrogen and oxygen atoms in total. The third-order valence-electron chi connectivity index (χ3n) is 5.58. The number of benzene rings is 3. The van der Waals surface area contributed by atoms with E-state index in [-0.39, 0.29) is 25.0 Å². The van der Waals surface area contributed by atoms with Gasteiger partial charge in [0.05, 0.1) is 0 Å². The molecular formula is C28H24N2O5. The monoisotopic (exact) mass is 468 g/mol. The van der Waals surface area contributed by atoms with Gasteiger partial charge in [0.2, 0.25) is 5.91 Å². The zero-order valence-electron chi connectivity index (χ0n) is 18.8. The highest BCUT2D eigenvalue weighted by Crippen LogP contribution is 2.44. The number of carboxylic acids is 1. The molecule has 3 aromatic rings. The van der Waals surface area contributed by atoms with Crippen molar-refractivity contribution in [3.8, 4) is 11.1 Å². The summed E-state index contributed by atoms with van der Waals surface area (Å²) >= 11 is 0. The average molecular weight is 469 g/mol. The van der Waals surface area contributed by atoms with Crippen LogP contribution in [0.2, 0.25) is 0 Å². The van der Waals surface area contributed by atoms with E-state index in [0.717, 1.165) is 22.8 Å². The Morgan fingerprint density at radius 1 is 0.857 bits per heavy atom. The number of carbonyl (C=O) groups excluding carboxylic acids is 2. The highest BCUT2D eigenvalue weighted by Gasteiger charge is 2.28. The molecule has 4 rings (SSSR count). The molecule has 0 bridgehead atoms. The second kappa shape index (κ2) is 11.0. The Balaban J connectivity index is 1.29. The molecule has 0 saturated carbocycles. The van der Waals surface area contributed by atoms with Gasteiger partial charge in [-0.1, -0.05) is 66.7 Å². The topological polar surface area (TPSA) is 105 Å². The Kier molecular flexibility index (Phi) is 7.37. The van der Waals surface area contributed by atoms with Crippen molar-refractivity contribution in [3.05, 3.63) is 108 Å². The van der Waals surface area contributed by atoms with Crippen LogP contribution in [0.5, 0.6) is 0 Å². The maximum Gasteiger partial charge on any atom is 0.411 e. The number of fused-ring (bicyclic) bond motifs is 3. The Bertz CT molecular complexity index is 1250. The minimum absolute atomic E-state index is 0.00794. The summed E-state index contributed by atoms with van der Waals surface area (Å²) in [6.45, 7) is 0.357. The molecule has 0 fully saturated rings. The first-order valence-electron chi connectivity index (χ1n) is 11.1. The van der Waals surface area contributed by atoms with Crippen LogP contribution in [0.15, 0.2) is 91.0 Å². The standard InChI is InChI=1S/C28H24N2O5/c31-26(29-17-5-10-27(32)33)16-13-19-11-14-20(15-12-19)30-28(34)35-18-25-23-8-3-1-6-21(23)22-7-2-4-9-24(22)25/h1-16,25H,17-18H2,(H,29,31)(H,30,34)(H,32,33)/b10-5+,16-13+. The molecule has 2 amide bonds. The summed E-state index contributed by atoms with van der Waals surface area (Å²) < 4.78 is 5.56. The zero-order valence-corrected chi connectivity index (χ0v) is 18.8. The number of anilines is 1. The van der Waals surface area contributed by atoms with Crippen LogP contribution in [-0.4, -0.2) is 36.2 Å². The van der Waals surface area contributed by atoms with Crippen LogP contribution in [0.25, 0.3) is 17.2 Å². The lowest BCUT2D eigenvalue weighted by Crippen LogP contribution is -2.20. The Morgan fingerprint density at radius 3 is 2.11 bits per heavy atom. The number of amides is 2. The van der Waals surface area contributed by atoms with E-state index in [1.165, 1.54) is 23.3 Å². The van der Waals surface area contributed by atoms with Crippen LogP contribution < -0.4 is 10.6 Å². The zero-order chi connectivity index (χ0) is 24.6. The van der Waals surface area contributed by atoms with Gasteiger partial charge >= 0.3 is 12.1 Å². The Morgan fingerprint density at radius 2 is 1.49 bits per heavy atom. The summed E-state index contributed by atoms with van der Waals surface area (Å²) in [7, 11) is 0. The fourth-order valence-electron chi connectivity index (χ4n) is 3.98. The largest absolute Gasteiger partial charge is 0.478 e. The van der Waals surface area contributed by atoms with E-state index in [1.54, 1.807) is 30.3 Å². The SMILES string of the molecule is O=C(O)/C=C/CNC(=O)/C=C/c1ccc(NC(=O)OCC2c3ccccc3-c3ccccc32)cc1. The van der Waals surface area contributed by atoms with Crippen molar-refractivity contribution in [2.24, 2.45) is 0 Å². The van der Waals surface area contributed by atoms with Crippen LogP contribution in [0.4, 0.5) is 10.5 Å². The first-order chi connectivity index (χ1) is 17.0. The van der Waals surface area contributed by atoms with Crippen LogP contribution in [0.3, 0.4) is 0 Å². The number of ether oxygens (including phenoxy) is 1. The van der Waals surface area contributed by atoms with E-state index in [4.69, 9.17) is 9.84 Å². The molecule has 0 radical (unpaired) electrons. The predicted molar refractivity (Wildman–Crippen MR) is 134 cm³/mol. The predicted octanol–water partition coefficient (Wildman–Crippen LogP) is 4.82. The molecule has 3 aromatic carbocycles. The molecule has 0 atom stereocenters. The molecule has 0 saturated heterocycles. The van der Waals surface area contributed by atoms with Crippen molar-refractivity contribution in [1.82, 2.24) is 5.32 Å². The molecule has 7 heteroatoms. The van der Waals surface area contributed by atoms with Gasteiger partial charge in [-0.25, -0.2) is 9.59 Å². The third kappa shape index (κ3) is 6.03. The first-order valence-corrected chi connectivity index (χ1v) is 11.1. The number of hydrogen-bond acceptors (Lipinski definition) is 4. The van der Waals surface area contributed by atoms with E-state index in [0.29, 0.717) is 5.69 Å². The molecule has 0 spiro atoms. The van der Waals surface area contributed by atoms with Gasteiger partial charge in [-0.05, 0) is 46.0 Å². The number of carboxylic acid groups (broad SMARTS) is 1. The average Bonchev–Trinajstić information content (AvgIpc) is 3.18. The smallest absolute Gasteiger partial charge is 0.411 e. The Labute approximate surface area is 202 Å². The number of carbonyl (C=O) groups is 3. The number of rotatable bonds is 8. The third-order valence-corrected chi connectivity index (χ3v) is 5.58. The molecular weight excluding hydrogens is 444 g/mol. The molecule has 0 aromatic heterocycles. The molecule has 0 aliphatic heterocycles. The van der Waals surface area contributed by atoms with Gasteiger partial charge < -0.3 is 15.2 Å². The van der Waals surface area contributed by atoms with E-state index >= 15 is 0 Å². The summed E-state index contributed by atoms with van der Waals surface area (Å²) in [4.78, 5) is 34.6. The second-order valence-electron chi connectivity index (χ2n) is 7.89. The van der Waals surface area contributed by atoms with Crippen molar-refractivity contribution in [3.63, 3.8) is 0 Å². The fourth-order valence-corrected chi connectivity index (χ4v) is 3.98. The highest BCUT2D eigenvalue weighted by molar-refractivity contribution is 5.92. The Hall–Kier alpha value is -4.65. The van der Waals surface area contributed by atoms with Crippen molar-refractivity contribution in [2.75, 3.05) is 18.5 Å². The molecule has 0 heterocycles. The lowest BCUT2D eigenvalue weighted by Gasteiger charge is -2.14. The molecule has 176 valence electrons. The lowest BCUT2D eigenvalue weighted by molar-refractivity contribution is -0.131. The summed E-state index contributed by atoms with van der Waals surface area (Å²) in [5.74, 6) is -1.42. The maximum absolute atomic E-state index is 12.4. The van der Waals surface area contributed by atoms with Crippen LogP contribution in [0, 0.1) is 0 Å². The molecule has 3 N–H and O–H groups in total. The molecule has 1 aliphatic carbocycles. The van der Waals surface area contributed by atoms with Crippen molar-refractivity contribution in [1.29, 1.82) is 0 Å². The van der Waals surface area contributed by atoms with Crippen molar-refractivity contribution < 1.29 is 24.2 Å². The van der Waals surface area contributed by atoms with Crippen molar-refractivity contribution in [2.45, 2.75) is 5.92 Å². The molecule has 1 aliphatic rings. The molecule has 35 heavy (non-hydrogen) atoms. The van der Waals surface area contributed by atoms with Crippen LogP contribution in [-0.2, 0) is 14.3 Å². The highest BCUT2D eigenvalue weighted by atomic mass is 16.5. The van der Waals surface area contributed by atoms with Gasteiger partial charge in [0.25, 0.3) is 0 Å². The van der Waals surface area contributed by atoms with E-state index in [2.05, 4.69) is 34.9 Å². The summed E-state index contributed by atoms with van der Waals surface area (Å²) in [6.07, 6.45) is 4.74. The van der Waals surface area contributed by atoms with Gasteiger partial charge in [-0.2, -0.15) is 0 Å². The maximum atomic E-state index is 12.4. The number of aliphatic carboxylic acids is 1. The second-order valence-corrected chi connectivity index (χ2v) is 7.89. The van der Waals surface area contributed by atoms with Gasteiger partial charge in [0.1, 0.15) is 6.61 Å². The van der Waals surface area contributed by atoms with Gasteiger partial charge in [0, 0.05) is 30.3 Å². The minimum Gasteiger partial charge on any atom is -0.478 e. The van der Waals surface area contributed by atoms with Crippen molar-refractivity contribution >= 4 is 29.7 Å². The van der Waals surface area contributed by atoms with Gasteiger partial charge in [0.15, 0.2) is 0 Å². The van der Waals surface area contributed by atoms with Gasteiger partial charge in [-0.3, -0.25) is 10.1 Å². The number of nitrogens with one attached hydrogen (secondary N) is 2. The van der Waals surface area contributed by atoms with E-state index < -0.39 is 12.1 Å². The van der Waals surface area contributed by atoms with Crippen LogP contribution >= 0.6 is 0 Å². The summed E-state index contributed by atoms with van der Waals surface area (Å²) in [5.41, 5.74) is 5.98.